The highest BCUT2D eigenvalue weighted by Gasteiger charge is 2.14. The Hall–Kier alpha value is -2.60. The van der Waals surface area contributed by atoms with Gasteiger partial charge in [-0.25, -0.2) is 9.59 Å². The van der Waals surface area contributed by atoms with Gasteiger partial charge in [-0.3, -0.25) is 0 Å². The number of carbonyl (C=O) groups excluding carboxylic acids is 1. The zero-order valence-corrected chi connectivity index (χ0v) is 15.4. The number of benzene rings is 1. The van der Waals surface area contributed by atoms with E-state index >= 15 is 0 Å². The van der Waals surface area contributed by atoms with E-state index in [-0.39, 0.29) is 30.6 Å². The minimum absolute atomic E-state index is 0.0203. The van der Waals surface area contributed by atoms with Gasteiger partial charge in [0.05, 0.1) is 0 Å². The highest BCUT2D eigenvalue weighted by atomic mass is 16.5. The first-order valence-corrected chi connectivity index (χ1v) is 8.25. The smallest absolute Gasteiger partial charge is 0.333 e. The van der Waals surface area contributed by atoms with Gasteiger partial charge >= 0.3 is 11.9 Å². The number of esters is 1. The molecule has 1 unspecified atom stereocenters. The molecule has 2 N–H and O–H groups in total. The Labute approximate surface area is 153 Å². The normalized spacial score (nSPS) is 12.6. The Bertz CT molecular complexity index is 652. The number of aliphatic hydroxyl groups excluding tert-OH is 1. The van der Waals surface area contributed by atoms with Crippen molar-refractivity contribution in [2.75, 3.05) is 13.2 Å². The van der Waals surface area contributed by atoms with Gasteiger partial charge in [0, 0.05) is 11.6 Å². The molecule has 1 aromatic rings. The van der Waals surface area contributed by atoms with Gasteiger partial charge in [0.25, 0.3) is 0 Å². The van der Waals surface area contributed by atoms with Crippen molar-refractivity contribution in [3.63, 3.8) is 0 Å². The van der Waals surface area contributed by atoms with Crippen LogP contribution in [0, 0.1) is 0 Å². The summed E-state index contributed by atoms with van der Waals surface area (Å²) in [7, 11) is 0. The van der Waals surface area contributed by atoms with E-state index in [2.05, 4.69) is 27.4 Å². The summed E-state index contributed by atoms with van der Waals surface area (Å²) in [5.41, 5.74) is 1.33. The first-order valence-electron chi connectivity index (χ1n) is 8.25. The number of ether oxygens (including phenoxy) is 2. The summed E-state index contributed by atoms with van der Waals surface area (Å²) in [6.45, 7) is 9.62. The number of allylic oxidation sites excluding steroid dienone is 1. The van der Waals surface area contributed by atoms with E-state index in [1.807, 2.05) is 24.3 Å². The number of aliphatic carboxylic acids is 1. The van der Waals surface area contributed by atoms with Gasteiger partial charge in [-0.15, -0.1) is 0 Å². The molecule has 0 fully saturated rings. The lowest BCUT2D eigenvalue weighted by molar-refractivity contribution is -0.142. The van der Waals surface area contributed by atoms with Gasteiger partial charge < -0.3 is 19.7 Å². The molecule has 26 heavy (non-hydrogen) atoms. The van der Waals surface area contributed by atoms with Crippen LogP contribution in [0.1, 0.15) is 32.8 Å². The number of hydrogen-bond donors (Lipinski definition) is 2. The molecule has 0 spiro atoms. The van der Waals surface area contributed by atoms with E-state index in [0.29, 0.717) is 5.75 Å². The van der Waals surface area contributed by atoms with Gasteiger partial charge in [-0.05, 0) is 29.5 Å². The Morgan fingerprint density at radius 3 is 2.35 bits per heavy atom. The molecule has 6 nitrogen and oxygen atoms in total. The second-order valence-electron chi connectivity index (χ2n) is 6.89. The summed E-state index contributed by atoms with van der Waals surface area (Å²) in [5, 5.41) is 18.3. The van der Waals surface area contributed by atoms with Crippen molar-refractivity contribution in [3.8, 4) is 5.75 Å². The van der Waals surface area contributed by atoms with Crippen molar-refractivity contribution < 1.29 is 29.3 Å². The van der Waals surface area contributed by atoms with Crippen molar-refractivity contribution in [3.05, 3.63) is 54.1 Å². The van der Waals surface area contributed by atoms with Crippen LogP contribution in [0.5, 0.6) is 5.75 Å². The average molecular weight is 362 g/mol. The molecule has 6 heteroatoms. The zero-order valence-electron chi connectivity index (χ0n) is 15.4. The van der Waals surface area contributed by atoms with Gasteiger partial charge in [-0.1, -0.05) is 45.6 Å². The van der Waals surface area contributed by atoms with Gasteiger partial charge in [0.2, 0.25) is 0 Å². The lowest BCUT2D eigenvalue weighted by atomic mass is 9.87. The minimum Gasteiger partial charge on any atom is -0.491 e. The van der Waals surface area contributed by atoms with E-state index < -0.39 is 18.0 Å². The molecule has 0 saturated carbocycles. The Morgan fingerprint density at radius 2 is 1.81 bits per heavy atom. The van der Waals surface area contributed by atoms with E-state index in [1.54, 1.807) is 0 Å². The molecular formula is C20H26O6. The first-order chi connectivity index (χ1) is 12.1. The lowest BCUT2D eigenvalue weighted by Gasteiger charge is -2.19. The SMILES string of the molecule is C=C(CC=CC(=O)O)C(=O)OCC(O)COc1ccc(C(C)(C)C)cc1. The van der Waals surface area contributed by atoms with Crippen LogP contribution in [0.25, 0.3) is 0 Å². The van der Waals surface area contributed by atoms with Gasteiger partial charge in [0.15, 0.2) is 0 Å². The predicted molar refractivity (Wildman–Crippen MR) is 98.1 cm³/mol. The summed E-state index contributed by atoms with van der Waals surface area (Å²) in [6, 6.07) is 7.60. The molecular weight excluding hydrogens is 336 g/mol. The Morgan fingerprint density at radius 1 is 1.19 bits per heavy atom. The molecule has 142 valence electrons. The van der Waals surface area contributed by atoms with Crippen LogP contribution in [0.2, 0.25) is 0 Å². The second-order valence-corrected chi connectivity index (χ2v) is 6.89. The molecule has 0 aliphatic carbocycles. The maximum absolute atomic E-state index is 11.7. The summed E-state index contributed by atoms with van der Waals surface area (Å²) in [5.74, 6) is -1.17. The minimum atomic E-state index is -1.10. The van der Waals surface area contributed by atoms with Crippen LogP contribution in [0.15, 0.2) is 48.6 Å². The second kappa shape index (κ2) is 9.77. The molecule has 0 bridgehead atoms. The molecule has 0 aliphatic rings. The number of carbonyl (C=O) groups is 2. The summed E-state index contributed by atoms with van der Waals surface area (Å²) in [6.07, 6.45) is 1.31. The van der Waals surface area contributed by atoms with Crippen molar-refractivity contribution in [1.29, 1.82) is 0 Å². The number of hydrogen-bond acceptors (Lipinski definition) is 5. The third kappa shape index (κ3) is 7.98. The van der Waals surface area contributed by atoms with Gasteiger partial charge in [0.1, 0.15) is 25.1 Å². The largest absolute Gasteiger partial charge is 0.491 e. The third-order valence-corrected chi connectivity index (χ3v) is 3.48. The number of carboxylic acid groups (broad SMARTS) is 1. The Balaban J connectivity index is 2.36. The fraction of sp³-hybridized carbons (Fsp3) is 0.400. The number of rotatable bonds is 9. The summed E-state index contributed by atoms with van der Waals surface area (Å²) in [4.78, 5) is 22.0. The first kappa shape index (κ1) is 21.4. The lowest BCUT2D eigenvalue weighted by Crippen LogP contribution is -2.25. The van der Waals surface area contributed by atoms with Crippen LogP contribution in [0.4, 0.5) is 0 Å². The molecule has 0 heterocycles. The molecule has 0 radical (unpaired) electrons. The van der Waals surface area contributed by atoms with Crippen molar-refractivity contribution in [2.24, 2.45) is 0 Å². The van der Waals surface area contributed by atoms with E-state index in [4.69, 9.17) is 14.6 Å². The quantitative estimate of drug-likeness (QED) is 0.518. The van der Waals surface area contributed by atoms with E-state index in [0.717, 1.165) is 6.08 Å². The fourth-order valence-corrected chi connectivity index (χ4v) is 1.95. The summed E-state index contributed by atoms with van der Waals surface area (Å²) >= 11 is 0. The molecule has 1 rings (SSSR count). The zero-order chi connectivity index (χ0) is 19.7. The van der Waals surface area contributed by atoms with E-state index in [9.17, 15) is 14.7 Å². The standard InChI is InChI=1S/C20H26O6/c1-14(6-5-7-18(22)23)19(24)26-13-16(21)12-25-17-10-8-15(9-11-17)20(2,3)4/h5,7-11,16,21H,1,6,12-13H2,2-4H3,(H,22,23). The Kier molecular flexibility index (Phi) is 8.06. The molecule has 0 aliphatic heterocycles. The average Bonchev–Trinajstić information content (AvgIpc) is 2.56. The van der Waals surface area contributed by atoms with Crippen LogP contribution < -0.4 is 4.74 Å². The van der Waals surface area contributed by atoms with Crippen molar-refractivity contribution >= 4 is 11.9 Å². The van der Waals surface area contributed by atoms with Crippen LogP contribution in [0.3, 0.4) is 0 Å². The molecule has 1 aromatic carbocycles. The van der Waals surface area contributed by atoms with Crippen LogP contribution in [-0.4, -0.2) is 41.5 Å². The highest BCUT2D eigenvalue weighted by molar-refractivity contribution is 5.88. The third-order valence-electron chi connectivity index (χ3n) is 3.48. The maximum atomic E-state index is 11.7. The fourth-order valence-electron chi connectivity index (χ4n) is 1.95. The maximum Gasteiger partial charge on any atom is 0.333 e. The predicted octanol–water partition coefficient (Wildman–Crippen LogP) is 2.85. The molecule has 0 saturated heterocycles. The van der Waals surface area contributed by atoms with E-state index in [1.165, 1.54) is 11.6 Å². The highest BCUT2D eigenvalue weighted by Crippen LogP contribution is 2.24. The van der Waals surface area contributed by atoms with Crippen molar-refractivity contribution in [2.45, 2.75) is 38.7 Å². The monoisotopic (exact) mass is 362 g/mol. The van der Waals surface area contributed by atoms with Gasteiger partial charge in [-0.2, -0.15) is 0 Å². The topological polar surface area (TPSA) is 93.1 Å². The van der Waals surface area contributed by atoms with Crippen LogP contribution in [-0.2, 0) is 19.7 Å². The summed E-state index contributed by atoms with van der Waals surface area (Å²) < 4.78 is 10.4. The molecule has 0 amide bonds. The number of aliphatic hydroxyl groups is 1. The van der Waals surface area contributed by atoms with Crippen LogP contribution >= 0.6 is 0 Å². The molecule has 0 aromatic heterocycles. The molecule has 1 atom stereocenters. The van der Waals surface area contributed by atoms with Crippen molar-refractivity contribution in [1.82, 2.24) is 0 Å². The number of carboxylic acids is 1.